The second-order valence-electron chi connectivity index (χ2n) is 7.42. The smallest absolute Gasteiger partial charge is 0.257 e. The lowest BCUT2D eigenvalue weighted by atomic mass is 10.0. The lowest BCUT2D eigenvalue weighted by molar-refractivity contribution is 0.0783. The number of benzene rings is 2. The van der Waals surface area contributed by atoms with Crippen LogP contribution in [0.3, 0.4) is 0 Å². The molecule has 7 heteroatoms. The van der Waals surface area contributed by atoms with E-state index in [2.05, 4.69) is 10.4 Å². The summed E-state index contributed by atoms with van der Waals surface area (Å²) in [4.78, 5) is 26.5. The Hall–Kier alpha value is -3.12. The molecule has 3 aromatic rings. The van der Waals surface area contributed by atoms with Gasteiger partial charge in [-0.1, -0.05) is 37.6 Å². The minimum atomic E-state index is -0.137. The molecule has 0 aliphatic heterocycles. The Morgan fingerprint density at radius 3 is 2.30 bits per heavy atom. The molecule has 2 aromatic carbocycles. The normalized spacial score (nSPS) is 10.9. The first-order valence-corrected chi connectivity index (χ1v) is 10.1. The molecule has 6 nitrogen and oxygen atoms in total. The van der Waals surface area contributed by atoms with Gasteiger partial charge < -0.3 is 10.2 Å². The van der Waals surface area contributed by atoms with E-state index in [4.69, 9.17) is 11.6 Å². The van der Waals surface area contributed by atoms with Crippen molar-refractivity contribution in [3.63, 3.8) is 0 Å². The Morgan fingerprint density at radius 1 is 1.10 bits per heavy atom. The second kappa shape index (κ2) is 9.13. The van der Waals surface area contributed by atoms with Crippen LogP contribution in [0.1, 0.15) is 51.7 Å². The van der Waals surface area contributed by atoms with Crippen molar-refractivity contribution >= 4 is 23.4 Å². The lowest BCUT2D eigenvalue weighted by Crippen LogP contribution is -2.27. The van der Waals surface area contributed by atoms with Crippen LogP contribution >= 0.6 is 11.6 Å². The molecular weight excluding hydrogens is 400 g/mol. The van der Waals surface area contributed by atoms with Gasteiger partial charge in [-0.15, -0.1) is 0 Å². The van der Waals surface area contributed by atoms with Gasteiger partial charge in [0.2, 0.25) is 0 Å². The van der Waals surface area contributed by atoms with Crippen molar-refractivity contribution in [1.29, 1.82) is 0 Å². The minimum Gasteiger partial charge on any atom is -0.355 e. The highest BCUT2D eigenvalue weighted by molar-refractivity contribution is 6.30. The van der Waals surface area contributed by atoms with Crippen molar-refractivity contribution in [2.45, 2.75) is 26.3 Å². The topological polar surface area (TPSA) is 67.2 Å². The highest BCUT2D eigenvalue weighted by atomic mass is 35.5. The van der Waals surface area contributed by atoms with Crippen molar-refractivity contribution in [3.8, 4) is 5.69 Å². The molecule has 0 radical (unpaired) electrons. The maximum atomic E-state index is 13.2. The van der Waals surface area contributed by atoms with Crippen LogP contribution in [0.2, 0.25) is 5.02 Å². The number of rotatable bonds is 6. The molecular formula is C23H25ClN4O2. The first-order chi connectivity index (χ1) is 14.3. The maximum absolute atomic E-state index is 13.2. The fourth-order valence-electron chi connectivity index (χ4n) is 3.32. The van der Waals surface area contributed by atoms with E-state index in [1.807, 2.05) is 38.1 Å². The molecule has 2 amide bonds. The van der Waals surface area contributed by atoms with E-state index in [-0.39, 0.29) is 17.7 Å². The highest BCUT2D eigenvalue weighted by Gasteiger charge is 2.23. The molecule has 1 N–H and O–H groups in total. The predicted octanol–water partition coefficient (Wildman–Crippen LogP) is 4.28. The molecule has 0 spiro atoms. The quantitative estimate of drug-likeness (QED) is 0.642. The minimum absolute atomic E-state index is 0.0994. The van der Waals surface area contributed by atoms with Crippen LogP contribution < -0.4 is 5.32 Å². The van der Waals surface area contributed by atoms with Crippen molar-refractivity contribution in [2.75, 3.05) is 14.1 Å². The van der Waals surface area contributed by atoms with E-state index in [1.54, 1.807) is 54.1 Å². The Morgan fingerprint density at radius 2 is 1.73 bits per heavy atom. The van der Waals surface area contributed by atoms with Gasteiger partial charge in [0.15, 0.2) is 0 Å². The summed E-state index contributed by atoms with van der Waals surface area (Å²) in [6.45, 7) is 4.51. The van der Waals surface area contributed by atoms with Crippen molar-refractivity contribution in [3.05, 3.63) is 82.1 Å². The van der Waals surface area contributed by atoms with E-state index in [1.165, 1.54) is 0 Å². The number of hydrogen-bond acceptors (Lipinski definition) is 3. The molecule has 1 aromatic heterocycles. The average molecular weight is 425 g/mol. The highest BCUT2D eigenvalue weighted by Crippen LogP contribution is 2.25. The van der Waals surface area contributed by atoms with E-state index in [9.17, 15) is 9.59 Å². The number of carbonyl (C=O) groups is 2. The summed E-state index contributed by atoms with van der Waals surface area (Å²) in [6.07, 6.45) is 1.62. The standard InChI is InChI=1S/C23H25ClN4O2/c1-15(2)21-20(13-26-28(21)19-11-9-18(24)10-12-19)23(30)27(4)14-16-5-7-17(8-6-16)22(29)25-3/h5-13,15H,14H2,1-4H3,(H,25,29). The van der Waals surface area contributed by atoms with Gasteiger partial charge in [0.1, 0.15) is 0 Å². The molecule has 0 saturated carbocycles. The van der Waals surface area contributed by atoms with Gasteiger partial charge in [0, 0.05) is 31.2 Å². The molecule has 0 atom stereocenters. The van der Waals surface area contributed by atoms with Gasteiger partial charge >= 0.3 is 0 Å². The number of halogens is 1. The lowest BCUT2D eigenvalue weighted by Gasteiger charge is -2.19. The van der Waals surface area contributed by atoms with Gasteiger partial charge in [0.05, 0.1) is 23.1 Å². The molecule has 0 unspecified atom stereocenters. The van der Waals surface area contributed by atoms with Crippen molar-refractivity contribution in [1.82, 2.24) is 20.0 Å². The molecule has 0 aliphatic rings. The van der Waals surface area contributed by atoms with Crippen molar-refractivity contribution < 1.29 is 9.59 Å². The first-order valence-electron chi connectivity index (χ1n) is 9.72. The number of hydrogen-bond donors (Lipinski definition) is 1. The summed E-state index contributed by atoms with van der Waals surface area (Å²) in [5.74, 6) is -0.140. The second-order valence-corrected chi connectivity index (χ2v) is 7.86. The van der Waals surface area contributed by atoms with Gasteiger partial charge in [-0.25, -0.2) is 4.68 Å². The number of nitrogens with one attached hydrogen (secondary N) is 1. The summed E-state index contributed by atoms with van der Waals surface area (Å²) in [5, 5.41) is 7.72. The maximum Gasteiger partial charge on any atom is 0.257 e. The van der Waals surface area contributed by atoms with E-state index in [0.29, 0.717) is 22.7 Å². The van der Waals surface area contributed by atoms with Crippen LogP contribution in [0.15, 0.2) is 54.7 Å². The van der Waals surface area contributed by atoms with Gasteiger partial charge in [-0.05, 0) is 47.9 Å². The molecule has 30 heavy (non-hydrogen) atoms. The van der Waals surface area contributed by atoms with Crippen LogP contribution in [0.25, 0.3) is 5.69 Å². The number of aromatic nitrogens is 2. The molecule has 0 bridgehead atoms. The third-order valence-corrected chi connectivity index (χ3v) is 5.12. The van der Waals surface area contributed by atoms with Crippen molar-refractivity contribution in [2.24, 2.45) is 0 Å². The number of nitrogens with zero attached hydrogens (tertiary/aromatic N) is 3. The molecule has 0 saturated heterocycles. The fraction of sp³-hybridized carbons (Fsp3) is 0.261. The van der Waals surface area contributed by atoms with Crippen LogP contribution in [0.4, 0.5) is 0 Å². The summed E-state index contributed by atoms with van der Waals surface area (Å²) in [5.41, 5.74) is 3.81. The number of carbonyl (C=O) groups excluding carboxylic acids is 2. The predicted molar refractivity (Wildman–Crippen MR) is 118 cm³/mol. The third kappa shape index (κ3) is 4.54. The Labute approximate surface area is 181 Å². The van der Waals surface area contributed by atoms with E-state index < -0.39 is 0 Å². The molecule has 0 fully saturated rings. The Bertz CT molecular complexity index is 1040. The summed E-state index contributed by atoms with van der Waals surface area (Å²) in [6, 6.07) is 14.6. The summed E-state index contributed by atoms with van der Waals surface area (Å²) in [7, 11) is 3.36. The average Bonchev–Trinajstić information content (AvgIpc) is 3.19. The van der Waals surface area contributed by atoms with Crippen LogP contribution in [-0.4, -0.2) is 40.6 Å². The Kier molecular flexibility index (Phi) is 6.57. The molecule has 0 aliphatic carbocycles. The van der Waals surface area contributed by atoms with Gasteiger partial charge in [-0.3, -0.25) is 9.59 Å². The van der Waals surface area contributed by atoms with Crippen LogP contribution in [0, 0.1) is 0 Å². The summed E-state index contributed by atoms with van der Waals surface area (Å²) >= 11 is 6.00. The zero-order chi connectivity index (χ0) is 21.8. The van der Waals surface area contributed by atoms with E-state index in [0.717, 1.165) is 16.9 Å². The van der Waals surface area contributed by atoms with E-state index >= 15 is 0 Å². The monoisotopic (exact) mass is 424 g/mol. The third-order valence-electron chi connectivity index (χ3n) is 4.86. The zero-order valence-electron chi connectivity index (χ0n) is 17.5. The summed E-state index contributed by atoms with van der Waals surface area (Å²) < 4.78 is 1.79. The first kappa shape index (κ1) is 21.6. The molecule has 156 valence electrons. The fourth-order valence-corrected chi connectivity index (χ4v) is 3.45. The SMILES string of the molecule is CNC(=O)c1ccc(CN(C)C(=O)c2cnn(-c3ccc(Cl)cc3)c2C(C)C)cc1. The largest absolute Gasteiger partial charge is 0.355 e. The molecule has 1 heterocycles. The zero-order valence-corrected chi connectivity index (χ0v) is 18.3. The number of amides is 2. The molecule has 3 rings (SSSR count). The van der Waals surface area contributed by atoms with Gasteiger partial charge in [-0.2, -0.15) is 5.10 Å². The Balaban J connectivity index is 1.83. The van der Waals surface area contributed by atoms with Crippen LogP contribution in [-0.2, 0) is 6.54 Å². The van der Waals surface area contributed by atoms with Gasteiger partial charge in [0.25, 0.3) is 11.8 Å². The van der Waals surface area contributed by atoms with Crippen LogP contribution in [0.5, 0.6) is 0 Å².